The van der Waals surface area contributed by atoms with Gasteiger partial charge in [0, 0.05) is 25.3 Å². The molecule has 4 atom stereocenters. The molecule has 0 bridgehead atoms. The van der Waals surface area contributed by atoms with E-state index in [0.717, 1.165) is 38.5 Å². The molecule has 330 valence electrons. The minimum absolute atomic E-state index is 0.00293. The number of nitrogens with one attached hydrogen (secondary N) is 5. The lowest BCUT2D eigenvalue weighted by Crippen LogP contribution is -2.56. The van der Waals surface area contributed by atoms with Gasteiger partial charge in [-0.05, 0) is 75.3 Å². The highest BCUT2D eigenvalue weighted by Gasteiger charge is 2.29. The summed E-state index contributed by atoms with van der Waals surface area (Å²) in [6.07, 6.45) is 20.3. The van der Waals surface area contributed by atoms with E-state index in [-0.39, 0.29) is 37.0 Å². The van der Waals surface area contributed by atoms with Gasteiger partial charge in [0.15, 0.2) is 0 Å². The number of hydrogen-bond donors (Lipinski definition) is 8. The van der Waals surface area contributed by atoms with Crippen molar-refractivity contribution in [2.75, 3.05) is 25.1 Å². The Morgan fingerprint density at radius 3 is 1.76 bits per heavy atom. The van der Waals surface area contributed by atoms with Crippen LogP contribution in [0.3, 0.4) is 0 Å². The zero-order valence-corrected chi connectivity index (χ0v) is 36.4. The second kappa shape index (κ2) is 33.0. The first-order valence-electron chi connectivity index (χ1n) is 21.6. The molecule has 0 aliphatic heterocycles. The van der Waals surface area contributed by atoms with Crippen LogP contribution in [0.5, 0.6) is 5.75 Å². The Bertz CT molecular complexity index is 1330. The Hall–Kier alpha value is -3.85. The summed E-state index contributed by atoms with van der Waals surface area (Å²) in [4.78, 5) is 77.8. The van der Waals surface area contributed by atoms with Crippen molar-refractivity contribution in [3.05, 3.63) is 29.8 Å². The standard InChI is InChI=1S/C43H75N7O7S/c1-4-5-6-7-8-9-10-11-12-13-14-15-16-20-39(53)48-36(27-29-58-3)41(55)46-31-40(54)49-37(30-33-21-23-34(51)24-22-33)43(57)50-35(25-26-38(45)52)42(56)47-32(2)19-17-18-28-44/h21-24,32,35-37,51H,4-20,25-31,44H2,1-3H3,(H2,45,52)(H,46,55)(H,47,56)(H,48,53)(H,49,54)(H,50,57)/t32-,35+,36+,37+/m1/s1. The highest BCUT2D eigenvalue weighted by molar-refractivity contribution is 7.98. The molecule has 10 N–H and O–H groups in total. The minimum atomic E-state index is -1.19. The molecular weight excluding hydrogens is 759 g/mol. The highest BCUT2D eigenvalue weighted by Crippen LogP contribution is 2.14. The number of primary amides is 1. The zero-order valence-electron chi connectivity index (χ0n) is 35.5. The molecule has 15 heteroatoms. The summed E-state index contributed by atoms with van der Waals surface area (Å²) in [6, 6.07) is 2.75. The summed E-state index contributed by atoms with van der Waals surface area (Å²) in [7, 11) is 0. The van der Waals surface area contributed by atoms with Crippen molar-refractivity contribution in [1.29, 1.82) is 0 Å². The summed E-state index contributed by atoms with van der Waals surface area (Å²) in [6.45, 7) is 4.14. The van der Waals surface area contributed by atoms with Crippen molar-refractivity contribution >= 4 is 47.2 Å². The Kier molecular flexibility index (Phi) is 29.7. The SMILES string of the molecule is CCCCCCCCCCCCCCCC(=O)N[C@@H](CCSC)C(=O)NCC(=O)N[C@@H](Cc1ccc(O)cc1)C(=O)N[C@@H](CCC(N)=O)C(=O)N[C@H](C)CCCCN. The fourth-order valence-electron chi connectivity index (χ4n) is 6.53. The fourth-order valence-corrected chi connectivity index (χ4v) is 7.00. The van der Waals surface area contributed by atoms with Gasteiger partial charge in [0.05, 0.1) is 6.54 Å². The maximum Gasteiger partial charge on any atom is 0.243 e. The van der Waals surface area contributed by atoms with Crippen LogP contribution in [-0.4, -0.2) is 89.8 Å². The van der Waals surface area contributed by atoms with E-state index in [2.05, 4.69) is 33.5 Å². The number of phenols is 1. The van der Waals surface area contributed by atoms with E-state index in [1.807, 2.05) is 13.2 Å². The van der Waals surface area contributed by atoms with Gasteiger partial charge in [-0.3, -0.25) is 28.8 Å². The van der Waals surface area contributed by atoms with E-state index >= 15 is 0 Å². The lowest BCUT2D eigenvalue weighted by Gasteiger charge is -2.25. The Balaban J connectivity index is 2.78. The molecular formula is C43H75N7O7S. The second-order valence-electron chi connectivity index (χ2n) is 15.4. The quantitative estimate of drug-likeness (QED) is 0.0445. The van der Waals surface area contributed by atoms with Crippen molar-refractivity contribution in [3.63, 3.8) is 0 Å². The van der Waals surface area contributed by atoms with Crippen LogP contribution in [0.4, 0.5) is 0 Å². The number of rotatable bonds is 35. The van der Waals surface area contributed by atoms with Gasteiger partial charge < -0.3 is 43.2 Å². The zero-order chi connectivity index (χ0) is 43.0. The normalized spacial score (nSPS) is 13.1. The number of phenolic OH excluding ortho intramolecular Hbond substituents is 1. The van der Waals surface area contributed by atoms with E-state index in [1.165, 1.54) is 81.7 Å². The number of aromatic hydroxyl groups is 1. The van der Waals surface area contributed by atoms with E-state index in [0.29, 0.717) is 37.1 Å². The number of carbonyl (C=O) groups excluding carboxylic acids is 6. The van der Waals surface area contributed by atoms with Gasteiger partial charge in [0.1, 0.15) is 23.9 Å². The molecule has 0 saturated carbocycles. The van der Waals surface area contributed by atoms with Gasteiger partial charge in [-0.15, -0.1) is 0 Å². The molecule has 0 heterocycles. The molecule has 0 spiro atoms. The molecule has 1 rings (SSSR count). The smallest absolute Gasteiger partial charge is 0.243 e. The molecule has 6 amide bonds. The highest BCUT2D eigenvalue weighted by atomic mass is 32.2. The van der Waals surface area contributed by atoms with Crippen molar-refractivity contribution in [2.24, 2.45) is 11.5 Å². The summed E-state index contributed by atoms with van der Waals surface area (Å²) in [5.74, 6) is -2.57. The largest absolute Gasteiger partial charge is 0.508 e. The van der Waals surface area contributed by atoms with Crippen LogP contribution in [0.2, 0.25) is 0 Å². The van der Waals surface area contributed by atoms with Crippen LogP contribution in [0.1, 0.15) is 148 Å². The predicted octanol–water partition coefficient (Wildman–Crippen LogP) is 4.64. The van der Waals surface area contributed by atoms with Crippen molar-refractivity contribution < 1.29 is 33.9 Å². The molecule has 0 aliphatic carbocycles. The van der Waals surface area contributed by atoms with Crippen LogP contribution in [0.15, 0.2) is 24.3 Å². The summed E-state index contributed by atoms with van der Waals surface area (Å²) in [5, 5.41) is 23.4. The van der Waals surface area contributed by atoms with Crippen LogP contribution < -0.4 is 38.1 Å². The topological polar surface area (TPSA) is 235 Å². The number of unbranched alkanes of at least 4 members (excludes halogenated alkanes) is 13. The summed E-state index contributed by atoms with van der Waals surface area (Å²) >= 11 is 1.54. The van der Waals surface area contributed by atoms with E-state index in [1.54, 1.807) is 12.1 Å². The van der Waals surface area contributed by atoms with Crippen LogP contribution in [-0.2, 0) is 35.2 Å². The molecule has 0 aliphatic rings. The van der Waals surface area contributed by atoms with Gasteiger partial charge in [0.25, 0.3) is 0 Å². The van der Waals surface area contributed by atoms with E-state index < -0.39 is 54.2 Å². The number of benzene rings is 1. The van der Waals surface area contributed by atoms with Crippen molar-refractivity contribution in [1.82, 2.24) is 26.6 Å². The third-order valence-electron chi connectivity index (χ3n) is 10.0. The summed E-state index contributed by atoms with van der Waals surface area (Å²) < 4.78 is 0. The molecule has 0 unspecified atom stereocenters. The average Bonchev–Trinajstić information content (AvgIpc) is 3.19. The molecule has 0 saturated heterocycles. The molecule has 0 fully saturated rings. The van der Waals surface area contributed by atoms with Gasteiger partial charge in [-0.2, -0.15) is 11.8 Å². The van der Waals surface area contributed by atoms with Crippen LogP contribution in [0, 0.1) is 0 Å². The second-order valence-corrected chi connectivity index (χ2v) is 16.3. The number of amides is 6. The van der Waals surface area contributed by atoms with Crippen LogP contribution in [0.25, 0.3) is 0 Å². The predicted molar refractivity (Wildman–Crippen MR) is 233 cm³/mol. The monoisotopic (exact) mass is 834 g/mol. The lowest BCUT2D eigenvalue weighted by atomic mass is 10.0. The first-order chi connectivity index (χ1) is 27.9. The molecule has 14 nitrogen and oxygen atoms in total. The lowest BCUT2D eigenvalue weighted by molar-refractivity contribution is -0.133. The average molecular weight is 834 g/mol. The van der Waals surface area contributed by atoms with Gasteiger partial charge in [0.2, 0.25) is 35.4 Å². The summed E-state index contributed by atoms with van der Waals surface area (Å²) in [5.41, 5.74) is 11.6. The van der Waals surface area contributed by atoms with Crippen molar-refractivity contribution in [3.8, 4) is 5.75 Å². The van der Waals surface area contributed by atoms with Crippen molar-refractivity contribution in [2.45, 2.75) is 173 Å². The van der Waals surface area contributed by atoms with Gasteiger partial charge in [-0.25, -0.2) is 0 Å². The van der Waals surface area contributed by atoms with E-state index in [4.69, 9.17) is 11.5 Å². The third kappa shape index (κ3) is 26.2. The van der Waals surface area contributed by atoms with Gasteiger partial charge in [-0.1, -0.05) is 103 Å². The Morgan fingerprint density at radius 1 is 0.638 bits per heavy atom. The molecule has 1 aromatic rings. The van der Waals surface area contributed by atoms with E-state index in [9.17, 15) is 33.9 Å². The first-order valence-corrected chi connectivity index (χ1v) is 23.0. The number of hydrogen-bond acceptors (Lipinski definition) is 9. The fraction of sp³-hybridized carbons (Fsp3) is 0.721. The number of nitrogens with two attached hydrogens (primary N) is 2. The third-order valence-corrected chi connectivity index (χ3v) is 10.7. The maximum atomic E-state index is 13.7. The Labute approximate surface area is 351 Å². The molecule has 1 aromatic carbocycles. The van der Waals surface area contributed by atoms with Crippen LogP contribution >= 0.6 is 11.8 Å². The Morgan fingerprint density at radius 2 is 1.19 bits per heavy atom. The molecule has 0 radical (unpaired) electrons. The number of carbonyl (C=O) groups is 6. The maximum absolute atomic E-state index is 13.7. The van der Waals surface area contributed by atoms with Gasteiger partial charge >= 0.3 is 0 Å². The first kappa shape index (κ1) is 52.2. The minimum Gasteiger partial charge on any atom is -0.508 e. The molecule has 58 heavy (non-hydrogen) atoms. The number of thioether (sulfide) groups is 1. The molecule has 0 aromatic heterocycles.